The molecule has 0 aromatic heterocycles. The zero-order valence-electron chi connectivity index (χ0n) is 26.3. The molecule has 3 heterocycles. The van der Waals surface area contributed by atoms with Crippen molar-refractivity contribution in [3.63, 3.8) is 0 Å². The summed E-state index contributed by atoms with van der Waals surface area (Å²) in [5, 5.41) is 52.3. The van der Waals surface area contributed by atoms with Crippen LogP contribution in [0.1, 0.15) is 39.0 Å². The zero-order chi connectivity index (χ0) is 33.6. The molecule has 3 aliphatic rings. The third-order valence-corrected chi connectivity index (χ3v) is 7.70. The van der Waals surface area contributed by atoms with E-state index in [1.165, 1.54) is 4.90 Å². The summed E-state index contributed by atoms with van der Waals surface area (Å²) in [5.41, 5.74) is 0. The number of aliphatic hydroxyl groups is 4. The van der Waals surface area contributed by atoms with Crippen LogP contribution >= 0.6 is 0 Å². The predicted octanol–water partition coefficient (Wildman–Crippen LogP) is -4.36. The van der Waals surface area contributed by atoms with Crippen molar-refractivity contribution in [3.8, 4) is 0 Å². The molecule has 264 valence electrons. The van der Waals surface area contributed by atoms with Crippen LogP contribution < -0.4 is 21.3 Å². The monoisotopic (exact) mass is 663 g/mol. The minimum Gasteiger partial charge on any atom is -0.390 e. The standard InChI is InChI=1S/C28H49N5O13/c1-16-17(34)12-18-26(44-16)42-10-8-31-21(37)14-33(13-20(36)30-7-5-3-4-6-19(35)29-2)15-22(38)32-9-11-43-27-24(40)23(39)25(41)28(45-18)46-27/h16-18,23-28,34,39-41H,3-15H2,1-2H3,(H,29,35)(H,30,36)(H,31,37)(H,32,38)/t16-,17-,18-,23-,24-,25-,26+,27+,28+/m0/s1. The van der Waals surface area contributed by atoms with Crippen LogP contribution in [0, 0.1) is 0 Å². The highest BCUT2D eigenvalue weighted by molar-refractivity contribution is 5.84. The Morgan fingerprint density at radius 3 is 2.11 bits per heavy atom. The molecule has 0 radical (unpaired) electrons. The normalized spacial score (nSPS) is 34.1. The highest BCUT2D eigenvalue weighted by Gasteiger charge is 2.48. The Kier molecular flexibility index (Phi) is 15.9. The van der Waals surface area contributed by atoms with Crippen molar-refractivity contribution in [1.82, 2.24) is 26.2 Å². The molecule has 0 aliphatic carbocycles. The lowest BCUT2D eigenvalue weighted by Crippen LogP contribution is -2.61. The maximum atomic E-state index is 12.7. The van der Waals surface area contributed by atoms with E-state index >= 15 is 0 Å². The van der Waals surface area contributed by atoms with Crippen molar-refractivity contribution in [1.29, 1.82) is 0 Å². The predicted molar refractivity (Wildman–Crippen MR) is 156 cm³/mol. The first-order chi connectivity index (χ1) is 22.0. The van der Waals surface area contributed by atoms with Gasteiger partial charge in [-0.15, -0.1) is 0 Å². The molecule has 2 bridgehead atoms. The second-order valence-electron chi connectivity index (χ2n) is 11.5. The number of ether oxygens (including phenoxy) is 5. The fraction of sp³-hybridized carbons (Fsp3) is 0.857. The largest absolute Gasteiger partial charge is 0.390 e. The highest BCUT2D eigenvalue weighted by Crippen LogP contribution is 2.29. The van der Waals surface area contributed by atoms with Crippen LogP contribution in [0.15, 0.2) is 0 Å². The molecule has 0 unspecified atom stereocenters. The lowest BCUT2D eigenvalue weighted by atomic mass is 10.0. The number of fused-ring (bicyclic) bond motifs is 3. The summed E-state index contributed by atoms with van der Waals surface area (Å²) < 4.78 is 28.5. The Bertz CT molecular complexity index is 993. The topological polar surface area (TPSA) is 247 Å². The Balaban J connectivity index is 1.61. The maximum absolute atomic E-state index is 12.7. The molecule has 3 rings (SSSR count). The molecule has 0 saturated carbocycles. The summed E-state index contributed by atoms with van der Waals surface area (Å²) in [5.74, 6) is -1.40. The molecule has 0 aromatic carbocycles. The van der Waals surface area contributed by atoms with Gasteiger partial charge in [-0.3, -0.25) is 24.1 Å². The molecule has 3 saturated heterocycles. The van der Waals surface area contributed by atoms with Gasteiger partial charge in [0.25, 0.3) is 0 Å². The van der Waals surface area contributed by atoms with Gasteiger partial charge in [-0.1, -0.05) is 6.42 Å². The van der Waals surface area contributed by atoms with Gasteiger partial charge in [0.2, 0.25) is 23.6 Å². The van der Waals surface area contributed by atoms with Crippen LogP contribution in [0.4, 0.5) is 0 Å². The van der Waals surface area contributed by atoms with Gasteiger partial charge >= 0.3 is 0 Å². The number of carbonyl (C=O) groups excluding carboxylic acids is 4. The minimum absolute atomic E-state index is 0.0357. The van der Waals surface area contributed by atoms with Gasteiger partial charge in [0, 0.05) is 39.5 Å². The molecule has 3 aliphatic heterocycles. The lowest BCUT2D eigenvalue weighted by Gasteiger charge is -2.44. The lowest BCUT2D eigenvalue weighted by molar-refractivity contribution is -0.377. The summed E-state index contributed by atoms with van der Waals surface area (Å²) >= 11 is 0. The third kappa shape index (κ3) is 12.3. The first-order valence-corrected chi connectivity index (χ1v) is 15.6. The van der Waals surface area contributed by atoms with E-state index in [0.717, 1.165) is 6.42 Å². The van der Waals surface area contributed by atoms with Crippen LogP contribution in [-0.4, -0.2) is 164 Å². The summed E-state index contributed by atoms with van der Waals surface area (Å²) in [4.78, 5) is 50.7. The molecule has 4 amide bonds. The van der Waals surface area contributed by atoms with E-state index in [1.54, 1.807) is 14.0 Å². The maximum Gasteiger partial charge on any atom is 0.234 e. The molecule has 18 nitrogen and oxygen atoms in total. The number of hydrogen-bond acceptors (Lipinski definition) is 14. The molecule has 9 atom stereocenters. The Morgan fingerprint density at radius 2 is 1.46 bits per heavy atom. The van der Waals surface area contributed by atoms with Gasteiger partial charge < -0.3 is 65.4 Å². The van der Waals surface area contributed by atoms with Crippen LogP contribution in [0.25, 0.3) is 0 Å². The van der Waals surface area contributed by atoms with Gasteiger partial charge in [0.15, 0.2) is 18.9 Å². The summed E-state index contributed by atoms with van der Waals surface area (Å²) in [6.45, 7) is 1.01. The number of nitrogens with zero attached hydrogens (tertiary/aromatic N) is 1. The van der Waals surface area contributed by atoms with E-state index in [2.05, 4.69) is 21.3 Å². The molecule has 18 heteroatoms. The molecule has 0 aromatic rings. The van der Waals surface area contributed by atoms with Crippen LogP contribution in [-0.2, 0) is 42.9 Å². The van der Waals surface area contributed by atoms with Crippen molar-refractivity contribution in [2.45, 2.75) is 94.5 Å². The van der Waals surface area contributed by atoms with Gasteiger partial charge in [0.05, 0.1) is 45.1 Å². The van der Waals surface area contributed by atoms with E-state index in [-0.39, 0.29) is 64.2 Å². The fourth-order valence-electron chi connectivity index (χ4n) is 5.05. The number of aliphatic hydroxyl groups excluding tert-OH is 4. The van der Waals surface area contributed by atoms with E-state index in [9.17, 15) is 39.6 Å². The van der Waals surface area contributed by atoms with Crippen LogP contribution in [0.3, 0.4) is 0 Å². The fourth-order valence-corrected chi connectivity index (χ4v) is 5.05. The van der Waals surface area contributed by atoms with Crippen molar-refractivity contribution < 1.29 is 63.3 Å². The number of rotatable bonds is 8. The first-order valence-electron chi connectivity index (χ1n) is 15.6. The molecular formula is C28H49N5O13. The molecule has 46 heavy (non-hydrogen) atoms. The Hall–Kier alpha value is -2.52. The SMILES string of the molecule is CNC(=O)CCCCCNC(=O)CN1CC(=O)NCCO[C@@H]2O[C@@H](O[C@H]3C[C@H](O)[C@H](C)O[C@H]3OCCNC(=O)C1)[C@@H](O)[C@@H](O)[C@@H]2O. The van der Waals surface area contributed by atoms with Gasteiger partial charge in [0.1, 0.15) is 24.4 Å². The van der Waals surface area contributed by atoms with Crippen molar-refractivity contribution >= 4 is 23.6 Å². The summed E-state index contributed by atoms with van der Waals surface area (Å²) in [6, 6.07) is 0. The Morgan fingerprint density at radius 1 is 0.826 bits per heavy atom. The van der Waals surface area contributed by atoms with E-state index in [4.69, 9.17) is 23.7 Å². The minimum atomic E-state index is -1.70. The average molecular weight is 664 g/mol. The smallest absolute Gasteiger partial charge is 0.234 e. The number of nitrogens with one attached hydrogen (secondary N) is 4. The van der Waals surface area contributed by atoms with E-state index in [1.807, 2.05) is 0 Å². The average Bonchev–Trinajstić information content (AvgIpc) is 3.01. The quantitative estimate of drug-likeness (QED) is 0.114. The molecule has 8 N–H and O–H groups in total. The van der Waals surface area contributed by atoms with Gasteiger partial charge in [-0.25, -0.2) is 0 Å². The van der Waals surface area contributed by atoms with Crippen LogP contribution in [0.5, 0.6) is 0 Å². The van der Waals surface area contributed by atoms with Gasteiger partial charge in [-0.05, 0) is 19.8 Å². The van der Waals surface area contributed by atoms with Gasteiger partial charge in [-0.2, -0.15) is 0 Å². The number of amides is 4. The summed E-state index contributed by atoms with van der Waals surface area (Å²) in [7, 11) is 1.57. The number of unbranched alkanes of at least 4 members (excludes halogenated alkanes) is 2. The number of carbonyl (C=O) groups is 4. The van der Waals surface area contributed by atoms with Crippen molar-refractivity contribution in [3.05, 3.63) is 0 Å². The van der Waals surface area contributed by atoms with E-state index < -0.39 is 67.3 Å². The Labute approximate surface area is 267 Å². The zero-order valence-corrected chi connectivity index (χ0v) is 26.3. The molecule has 0 spiro atoms. The highest BCUT2D eigenvalue weighted by atomic mass is 16.8. The number of hydrogen-bond donors (Lipinski definition) is 8. The molecular weight excluding hydrogens is 614 g/mol. The van der Waals surface area contributed by atoms with Crippen LogP contribution in [0.2, 0.25) is 0 Å². The second kappa shape index (κ2) is 19.3. The van der Waals surface area contributed by atoms with Crippen molar-refractivity contribution in [2.24, 2.45) is 0 Å². The van der Waals surface area contributed by atoms with E-state index in [0.29, 0.717) is 25.8 Å². The second-order valence-corrected chi connectivity index (χ2v) is 11.5. The molecule has 3 fully saturated rings. The summed E-state index contributed by atoms with van der Waals surface area (Å²) in [6.07, 6.45) is -8.94. The van der Waals surface area contributed by atoms with Crippen molar-refractivity contribution in [2.75, 3.05) is 59.5 Å². The third-order valence-electron chi connectivity index (χ3n) is 7.70. The first kappa shape index (κ1) is 37.9.